The number of hydrogen-bond acceptors (Lipinski definition) is 3. The minimum atomic E-state index is -0.250. The van der Waals surface area contributed by atoms with Crippen LogP contribution < -0.4 is 0 Å². The van der Waals surface area contributed by atoms with E-state index in [1.165, 1.54) is 12.0 Å². The lowest BCUT2D eigenvalue weighted by Gasteiger charge is -2.22. The first kappa shape index (κ1) is 15.5. The van der Waals surface area contributed by atoms with E-state index in [1.807, 2.05) is 6.08 Å². The fourth-order valence-electron chi connectivity index (χ4n) is 2.46. The second-order valence-electron chi connectivity index (χ2n) is 5.63. The molecule has 2 aliphatic rings. The maximum absolute atomic E-state index is 9.39. The van der Waals surface area contributed by atoms with Crippen LogP contribution in [0.1, 0.15) is 39.0 Å². The van der Waals surface area contributed by atoms with Gasteiger partial charge in [0, 0.05) is 6.61 Å². The van der Waals surface area contributed by atoms with E-state index >= 15 is 0 Å². The largest absolute Gasteiger partial charge is 0.389 e. The topological polar surface area (TPSA) is 38.7 Å². The molecule has 0 spiro atoms. The molecule has 1 fully saturated rings. The van der Waals surface area contributed by atoms with E-state index in [1.54, 1.807) is 0 Å². The molecular formula is C17H26O3. The molecule has 0 aromatic carbocycles. The SMILES string of the molecule is CC(/C=C\[C@@H]1C=C[C@@H](O)CC1)=C\COC1CCCCO1. The van der Waals surface area contributed by atoms with Crippen LogP contribution in [0.4, 0.5) is 0 Å². The van der Waals surface area contributed by atoms with Gasteiger partial charge >= 0.3 is 0 Å². The Kier molecular flexibility index (Phi) is 6.51. The van der Waals surface area contributed by atoms with Crippen molar-refractivity contribution in [3.05, 3.63) is 36.0 Å². The normalized spacial score (nSPS) is 31.9. The van der Waals surface area contributed by atoms with Gasteiger partial charge in [-0.3, -0.25) is 0 Å². The van der Waals surface area contributed by atoms with Crippen molar-refractivity contribution in [2.24, 2.45) is 5.92 Å². The highest BCUT2D eigenvalue weighted by atomic mass is 16.7. The van der Waals surface area contributed by atoms with E-state index in [9.17, 15) is 5.11 Å². The van der Waals surface area contributed by atoms with Crippen LogP contribution >= 0.6 is 0 Å². The molecule has 1 aliphatic carbocycles. The first-order valence-electron chi connectivity index (χ1n) is 7.68. The van der Waals surface area contributed by atoms with Gasteiger partial charge in [-0.05, 0) is 44.9 Å². The number of allylic oxidation sites excluding steroid dienone is 4. The first-order valence-corrected chi connectivity index (χ1v) is 7.68. The average Bonchev–Trinajstić information content (AvgIpc) is 2.48. The van der Waals surface area contributed by atoms with Crippen molar-refractivity contribution in [1.82, 2.24) is 0 Å². The predicted octanol–water partition coefficient (Wildman–Crippen LogP) is 3.36. The quantitative estimate of drug-likeness (QED) is 0.619. The average molecular weight is 278 g/mol. The zero-order chi connectivity index (χ0) is 14.2. The number of rotatable bonds is 5. The van der Waals surface area contributed by atoms with E-state index < -0.39 is 0 Å². The van der Waals surface area contributed by atoms with Crippen LogP contribution in [0.2, 0.25) is 0 Å². The molecule has 112 valence electrons. The molecule has 0 radical (unpaired) electrons. The Labute approximate surface area is 122 Å². The first-order chi connectivity index (χ1) is 9.74. The van der Waals surface area contributed by atoms with E-state index in [0.29, 0.717) is 12.5 Å². The number of aliphatic hydroxyl groups excluding tert-OH is 1. The fourth-order valence-corrected chi connectivity index (χ4v) is 2.46. The summed E-state index contributed by atoms with van der Waals surface area (Å²) >= 11 is 0. The molecule has 0 bridgehead atoms. The highest BCUT2D eigenvalue weighted by molar-refractivity contribution is 5.19. The minimum absolute atomic E-state index is 0.0143. The third-order valence-corrected chi connectivity index (χ3v) is 3.81. The van der Waals surface area contributed by atoms with Crippen molar-refractivity contribution in [2.45, 2.75) is 51.4 Å². The van der Waals surface area contributed by atoms with Crippen LogP contribution in [0.3, 0.4) is 0 Å². The Morgan fingerprint density at radius 2 is 2.20 bits per heavy atom. The van der Waals surface area contributed by atoms with Gasteiger partial charge in [-0.15, -0.1) is 0 Å². The molecular weight excluding hydrogens is 252 g/mol. The Morgan fingerprint density at radius 3 is 2.90 bits per heavy atom. The minimum Gasteiger partial charge on any atom is -0.389 e. The third kappa shape index (κ3) is 5.61. The van der Waals surface area contributed by atoms with Crippen molar-refractivity contribution in [3.8, 4) is 0 Å². The van der Waals surface area contributed by atoms with E-state index in [2.05, 4.69) is 31.2 Å². The van der Waals surface area contributed by atoms with Gasteiger partial charge in [0.15, 0.2) is 6.29 Å². The molecule has 1 unspecified atom stereocenters. The van der Waals surface area contributed by atoms with Gasteiger partial charge < -0.3 is 14.6 Å². The summed E-state index contributed by atoms with van der Waals surface area (Å²) in [6.45, 7) is 3.52. The molecule has 3 nitrogen and oxygen atoms in total. The third-order valence-electron chi connectivity index (χ3n) is 3.81. The van der Waals surface area contributed by atoms with Gasteiger partial charge in [0.25, 0.3) is 0 Å². The Bertz CT molecular complexity index is 364. The Hall–Kier alpha value is -0.900. The highest BCUT2D eigenvalue weighted by Crippen LogP contribution is 2.19. The van der Waals surface area contributed by atoms with Crippen LogP contribution in [0.15, 0.2) is 36.0 Å². The Balaban J connectivity index is 1.69. The van der Waals surface area contributed by atoms with E-state index in [-0.39, 0.29) is 12.4 Å². The Morgan fingerprint density at radius 1 is 1.30 bits per heavy atom. The lowest BCUT2D eigenvalue weighted by molar-refractivity contribution is -0.155. The fraction of sp³-hybridized carbons (Fsp3) is 0.647. The molecule has 2 rings (SSSR count). The zero-order valence-electron chi connectivity index (χ0n) is 12.3. The molecule has 0 aromatic heterocycles. The van der Waals surface area contributed by atoms with Gasteiger partial charge in [0.1, 0.15) is 0 Å². The summed E-state index contributed by atoms with van der Waals surface area (Å²) in [5.41, 5.74) is 1.21. The maximum atomic E-state index is 9.39. The molecule has 0 aromatic rings. The molecule has 1 heterocycles. The van der Waals surface area contributed by atoms with Crippen LogP contribution in [0.5, 0.6) is 0 Å². The summed E-state index contributed by atoms with van der Waals surface area (Å²) in [6.07, 6.45) is 15.4. The summed E-state index contributed by atoms with van der Waals surface area (Å²) < 4.78 is 11.2. The second kappa shape index (κ2) is 8.40. The number of hydrogen-bond donors (Lipinski definition) is 1. The van der Waals surface area contributed by atoms with Crippen molar-refractivity contribution >= 4 is 0 Å². The van der Waals surface area contributed by atoms with Gasteiger partial charge in [-0.25, -0.2) is 0 Å². The van der Waals surface area contributed by atoms with Crippen LogP contribution in [0, 0.1) is 5.92 Å². The van der Waals surface area contributed by atoms with Crippen LogP contribution in [-0.2, 0) is 9.47 Å². The standard InChI is InChI=1S/C17H26O3/c1-14(5-6-15-7-9-16(18)10-8-15)11-13-20-17-4-2-3-12-19-17/h5-7,9,11,15-18H,2-4,8,10,12-13H2,1H3/b6-5-,14-11+/t15-,16-,17?/m1/s1. The zero-order valence-corrected chi connectivity index (χ0v) is 12.3. The van der Waals surface area contributed by atoms with Gasteiger partial charge in [-0.1, -0.05) is 36.0 Å². The van der Waals surface area contributed by atoms with Crippen LogP contribution in [0.25, 0.3) is 0 Å². The van der Waals surface area contributed by atoms with E-state index in [0.717, 1.165) is 32.3 Å². The predicted molar refractivity (Wildman–Crippen MR) is 80.3 cm³/mol. The van der Waals surface area contributed by atoms with Gasteiger partial charge in [0.2, 0.25) is 0 Å². The number of ether oxygens (including phenoxy) is 2. The van der Waals surface area contributed by atoms with E-state index in [4.69, 9.17) is 9.47 Å². The summed E-state index contributed by atoms with van der Waals surface area (Å²) in [4.78, 5) is 0. The summed E-state index contributed by atoms with van der Waals surface area (Å²) in [5, 5.41) is 9.39. The molecule has 1 saturated heterocycles. The maximum Gasteiger partial charge on any atom is 0.157 e. The molecule has 1 aliphatic heterocycles. The molecule has 0 saturated carbocycles. The van der Waals surface area contributed by atoms with Crippen LogP contribution in [-0.4, -0.2) is 30.7 Å². The highest BCUT2D eigenvalue weighted by Gasteiger charge is 2.13. The smallest absolute Gasteiger partial charge is 0.157 e. The van der Waals surface area contributed by atoms with Crippen molar-refractivity contribution < 1.29 is 14.6 Å². The van der Waals surface area contributed by atoms with Crippen molar-refractivity contribution in [1.29, 1.82) is 0 Å². The summed E-state index contributed by atoms with van der Waals surface area (Å²) in [7, 11) is 0. The van der Waals surface area contributed by atoms with Crippen molar-refractivity contribution in [2.75, 3.05) is 13.2 Å². The van der Waals surface area contributed by atoms with Crippen molar-refractivity contribution in [3.63, 3.8) is 0 Å². The monoisotopic (exact) mass is 278 g/mol. The lowest BCUT2D eigenvalue weighted by Crippen LogP contribution is -2.22. The van der Waals surface area contributed by atoms with Gasteiger partial charge in [0.05, 0.1) is 12.7 Å². The molecule has 0 amide bonds. The second-order valence-corrected chi connectivity index (χ2v) is 5.63. The lowest BCUT2D eigenvalue weighted by atomic mass is 9.93. The summed E-state index contributed by atoms with van der Waals surface area (Å²) in [6, 6.07) is 0. The molecule has 20 heavy (non-hydrogen) atoms. The number of aliphatic hydroxyl groups is 1. The summed E-state index contributed by atoms with van der Waals surface area (Å²) in [5.74, 6) is 0.448. The molecule has 3 atom stereocenters. The molecule has 1 N–H and O–H groups in total. The molecule has 3 heteroatoms. The van der Waals surface area contributed by atoms with Gasteiger partial charge in [-0.2, -0.15) is 0 Å².